The summed E-state index contributed by atoms with van der Waals surface area (Å²) in [4.78, 5) is 18.2. The van der Waals surface area contributed by atoms with E-state index in [4.69, 9.17) is 9.84 Å². The molecule has 0 aromatic carbocycles. The van der Waals surface area contributed by atoms with Crippen molar-refractivity contribution in [1.29, 1.82) is 0 Å². The van der Waals surface area contributed by atoms with E-state index in [2.05, 4.69) is 15.3 Å². The van der Waals surface area contributed by atoms with Crippen molar-refractivity contribution in [2.75, 3.05) is 11.9 Å². The number of carboxylic acid groups (broad SMARTS) is 1. The molecule has 0 spiro atoms. The molecule has 0 aliphatic rings. The van der Waals surface area contributed by atoms with Gasteiger partial charge >= 0.3 is 5.97 Å². The topological polar surface area (TPSA) is 84.3 Å². The minimum Gasteiger partial charge on any atom is -0.481 e. The van der Waals surface area contributed by atoms with Gasteiger partial charge in [0.2, 0.25) is 5.88 Å². The highest BCUT2D eigenvalue weighted by Crippen LogP contribution is 2.12. The van der Waals surface area contributed by atoms with Crippen LogP contribution in [0.1, 0.15) is 20.3 Å². The summed E-state index contributed by atoms with van der Waals surface area (Å²) in [6.07, 6.45) is 1.47. The molecular weight excluding hydrogens is 210 g/mol. The summed E-state index contributed by atoms with van der Waals surface area (Å²) in [6, 6.07) is 1.64. The second-order valence-electron chi connectivity index (χ2n) is 3.48. The van der Waals surface area contributed by atoms with Crippen LogP contribution in [0.15, 0.2) is 12.4 Å². The number of aromatic nitrogens is 2. The maximum absolute atomic E-state index is 10.3. The number of hydrogen-bond donors (Lipinski definition) is 2. The smallest absolute Gasteiger partial charge is 0.305 e. The van der Waals surface area contributed by atoms with Crippen molar-refractivity contribution in [3.05, 3.63) is 12.4 Å². The number of hydrogen-bond acceptors (Lipinski definition) is 5. The summed E-state index contributed by atoms with van der Waals surface area (Å²) in [6.45, 7) is 4.13. The van der Waals surface area contributed by atoms with Gasteiger partial charge in [-0.15, -0.1) is 0 Å². The van der Waals surface area contributed by atoms with E-state index in [9.17, 15) is 4.79 Å². The van der Waals surface area contributed by atoms with Crippen LogP contribution in [0.3, 0.4) is 0 Å². The van der Waals surface area contributed by atoms with Gasteiger partial charge in [-0.3, -0.25) is 4.79 Å². The fourth-order valence-corrected chi connectivity index (χ4v) is 1.04. The fraction of sp³-hybridized carbons (Fsp3) is 0.500. The third-order valence-electron chi connectivity index (χ3n) is 1.64. The van der Waals surface area contributed by atoms with Gasteiger partial charge in [-0.05, 0) is 13.8 Å². The third kappa shape index (κ3) is 4.59. The van der Waals surface area contributed by atoms with E-state index in [0.29, 0.717) is 18.2 Å². The van der Waals surface area contributed by atoms with Crippen LogP contribution in [0.2, 0.25) is 0 Å². The van der Waals surface area contributed by atoms with E-state index < -0.39 is 5.97 Å². The minimum atomic E-state index is -0.847. The molecule has 6 heteroatoms. The lowest BCUT2D eigenvalue weighted by atomic mass is 10.4. The van der Waals surface area contributed by atoms with Crippen LogP contribution < -0.4 is 10.1 Å². The molecule has 2 N–H and O–H groups in total. The van der Waals surface area contributed by atoms with Crippen molar-refractivity contribution in [2.24, 2.45) is 0 Å². The van der Waals surface area contributed by atoms with E-state index >= 15 is 0 Å². The summed E-state index contributed by atoms with van der Waals surface area (Å²) in [5.41, 5.74) is 0. The average Bonchev–Trinajstić information content (AvgIpc) is 2.16. The third-order valence-corrected chi connectivity index (χ3v) is 1.64. The Kier molecular flexibility index (Phi) is 4.50. The van der Waals surface area contributed by atoms with Gasteiger partial charge in [0.05, 0.1) is 12.5 Å². The molecule has 0 aliphatic carbocycles. The van der Waals surface area contributed by atoms with Crippen molar-refractivity contribution < 1.29 is 14.6 Å². The molecule has 6 nitrogen and oxygen atoms in total. The van der Waals surface area contributed by atoms with Gasteiger partial charge in [-0.2, -0.15) is 0 Å². The molecule has 1 aromatic rings. The Bertz CT molecular complexity index is 355. The summed E-state index contributed by atoms with van der Waals surface area (Å²) in [5.74, 6) is 0.190. The Morgan fingerprint density at radius 3 is 2.94 bits per heavy atom. The maximum Gasteiger partial charge on any atom is 0.305 e. The second-order valence-corrected chi connectivity index (χ2v) is 3.48. The molecule has 0 saturated heterocycles. The molecule has 16 heavy (non-hydrogen) atoms. The quantitative estimate of drug-likeness (QED) is 0.755. The van der Waals surface area contributed by atoms with E-state index in [1.165, 1.54) is 6.33 Å². The number of nitrogens with one attached hydrogen (secondary N) is 1. The lowest BCUT2D eigenvalue weighted by Crippen LogP contribution is -2.10. The standard InChI is InChI=1S/C10H15N3O3/c1-7(2)16-9-5-8(12-6-13-9)11-4-3-10(14)15/h5-7H,3-4H2,1-2H3,(H,14,15)(H,11,12,13). The highest BCUT2D eigenvalue weighted by atomic mass is 16.5. The van der Waals surface area contributed by atoms with Crippen molar-refractivity contribution in [3.63, 3.8) is 0 Å². The molecule has 0 radical (unpaired) electrons. The molecule has 0 atom stereocenters. The first-order chi connectivity index (χ1) is 7.58. The van der Waals surface area contributed by atoms with Crippen LogP contribution in [0.25, 0.3) is 0 Å². The predicted octanol–water partition coefficient (Wildman–Crippen LogP) is 1.15. The zero-order valence-electron chi connectivity index (χ0n) is 9.30. The van der Waals surface area contributed by atoms with Crippen molar-refractivity contribution in [2.45, 2.75) is 26.4 Å². The number of nitrogens with zero attached hydrogens (tertiary/aromatic N) is 2. The largest absolute Gasteiger partial charge is 0.481 e. The van der Waals surface area contributed by atoms with Crippen LogP contribution in [-0.2, 0) is 4.79 Å². The molecular formula is C10H15N3O3. The molecule has 0 unspecified atom stereocenters. The summed E-state index contributed by atoms with van der Waals surface area (Å²) >= 11 is 0. The number of anilines is 1. The van der Waals surface area contributed by atoms with Gasteiger partial charge in [0, 0.05) is 12.6 Å². The molecule has 1 rings (SSSR count). The molecule has 0 aliphatic heterocycles. The van der Waals surface area contributed by atoms with Crippen LogP contribution in [0, 0.1) is 0 Å². The number of aliphatic carboxylic acids is 1. The number of carboxylic acids is 1. The zero-order valence-corrected chi connectivity index (χ0v) is 9.30. The first-order valence-electron chi connectivity index (χ1n) is 5.02. The normalized spacial score (nSPS) is 10.2. The van der Waals surface area contributed by atoms with E-state index in [1.807, 2.05) is 13.8 Å². The van der Waals surface area contributed by atoms with Crippen LogP contribution >= 0.6 is 0 Å². The predicted molar refractivity (Wildman–Crippen MR) is 58.5 cm³/mol. The Morgan fingerprint density at radius 2 is 2.31 bits per heavy atom. The minimum absolute atomic E-state index is 0.0433. The lowest BCUT2D eigenvalue weighted by Gasteiger charge is -2.09. The second kappa shape index (κ2) is 5.89. The van der Waals surface area contributed by atoms with Gasteiger partial charge < -0.3 is 15.2 Å². The summed E-state index contributed by atoms with van der Waals surface area (Å²) in [7, 11) is 0. The van der Waals surface area contributed by atoms with E-state index in [1.54, 1.807) is 6.07 Å². The van der Waals surface area contributed by atoms with Crippen molar-refractivity contribution in [3.8, 4) is 5.88 Å². The SMILES string of the molecule is CC(C)Oc1cc(NCCC(=O)O)ncn1. The van der Waals surface area contributed by atoms with Crippen LogP contribution in [0.4, 0.5) is 5.82 Å². The van der Waals surface area contributed by atoms with E-state index in [-0.39, 0.29) is 12.5 Å². The molecule has 0 amide bonds. The molecule has 0 bridgehead atoms. The monoisotopic (exact) mass is 225 g/mol. The van der Waals surface area contributed by atoms with Gasteiger partial charge in [-0.1, -0.05) is 0 Å². The molecule has 1 aromatic heterocycles. The van der Waals surface area contributed by atoms with Crippen LogP contribution in [0.5, 0.6) is 5.88 Å². The molecule has 1 heterocycles. The molecule has 88 valence electrons. The summed E-state index contributed by atoms with van der Waals surface area (Å²) in [5, 5.41) is 11.3. The van der Waals surface area contributed by atoms with Gasteiger partial charge in [0.25, 0.3) is 0 Å². The van der Waals surface area contributed by atoms with Gasteiger partial charge in [0.15, 0.2) is 0 Å². The zero-order chi connectivity index (χ0) is 12.0. The number of carbonyl (C=O) groups is 1. The maximum atomic E-state index is 10.3. The number of ether oxygens (including phenoxy) is 1. The first kappa shape index (κ1) is 12.2. The lowest BCUT2D eigenvalue weighted by molar-refractivity contribution is -0.136. The molecule has 0 fully saturated rings. The highest BCUT2D eigenvalue weighted by molar-refractivity contribution is 5.67. The Labute approximate surface area is 93.7 Å². The van der Waals surface area contributed by atoms with Gasteiger partial charge in [0.1, 0.15) is 12.1 Å². The number of rotatable bonds is 6. The van der Waals surface area contributed by atoms with Gasteiger partial charge in [-0.25, -0.2) is 9.97 Å². The van der Waals surface area contributed by atoms with Crippen molar-refractivity contribution >= 4 is 11.8 Å². The average molecular weight is 225 g/mol. The first-order valence-corrected chi connectivity index (χ1v) is 5.02. The van der Waals surface area contributed by atoms with Crippen molar-refractivity contribution in [1.82, 2.24) is 9.97 Å². The summed E-state index contributed by atoms with van der Waals surface area (Å²) < 4.78 is 5.37. The highest BCUT2D eigenvalue weighted by Gasteiger charge is 2.02. The Hall–Kier alpha value is -1.85. The molecule has 0 saturated carbocycles. The Morgan fingerprint density at radius 1 is 1.56 bits per heavy atom. The van der Waals surface area contributed by atoms with Crippen LogP contribution in [-0.4, -0.2) is 33.7 Å². The Balaban J connectivity index is 2.50. The fourth-order valence-electron chi connectivity index (χ4n) is 1.04. The van der Waals surface area contributed by atoms with E-state index in [0.717, 1.165) is 0 Å².